The molecule has 6 nitrogen and oxygen atoms in total. The zero-order valence-corrected chi connectivity index (χ0v) is 15.9. The maximum absolute atomic E-state index is 12.6. The summed E-state index contributed by atoms with van der Waals surface area (Å²) in [5.74, 6) is 1.00. The van der Waals surface area contributed by atoms with E-state index in [9.17, 15) is 13.2 Å². The molecule has 1 amide bonds. The predicted octanol–water partition coefficient (Wildman–Crippen LogP) is 2.57. The van der Waals surface area contributed by atoms with E-state index in [-0.39, 0.29) is 30.3 Å². The molecule has 4 N–H and O–H groups in total. The van der Waals surface area contributed by atoms with E-state index in [1.807, 2.05) is 0 Å². The molecule has 0 aromatic heterocycles. The topological polar surface area (TPSA) is 101 Å². The van der Waals surface area contributed by atoms with Gasteiger partial charge in [0.2, 0.25) is 15.9 Å². The van der Waals surface area contributed by atoms with Gasteiger partial charge in [0.1, 0.15) is 0 Å². The molecule has 0 saturated heterocycles. The number of amides is 1. The van der Waals surface area contributed by atoms with Crippen LogP contribution in [0.4, 0.5) is 11.4 Å². The number of rotatable bonds is 4. The first-order chi connectivity index (χ1) is 11.3. The van der Waals surface area contributed by atoms with E-state index in [0.717, 1.165) is 31.9 Å². The average molecular weight is 388 g/mol. The number of hydrogen-bond donors (Lipinski definition) is 3. The van der Waals surface area contributed by atoms with E-state index in [2.05, 4.69) is 10.0 Å². The Balaban J connectivity index is 0.00000225. The van der Waals surface area contributed by atoms with Crippen molar-refractivity contribution in [2.24, 2.45) is 23.5 Å². The number of hydrogen-bond acceptors (Lipinski definition) is 4. The molecule has 3 rings (SSSR count). The molecule has 2 aliphatic rings. The Bertz CT molecular complexity index is 694. The third-order valence-electron chi connectivity index (χ3n) is 5.24. The number of anilines is 2. The van der Waals surface area contributed by atoms with Gasteiger partial charge >= 0.3 is 0 Å². The summed E-state index contributed by atoms with van der Waals surface area (Å²) in [6.45, 7) is 0. The van der Waals surface area contributed by atoms with Crippen molar-refractivity contribution in [3.05, 3.63) is 24.3 Å². The van der Waals surface area contributed by atoms with Gasteiger partial charge < -0.3 is 11.1 Å². The summed E-state index contributed by atoms with van der Waals surface area (Å²) >= 11 is 0. The molecule has 25 heavy (non-hydrogen) atoms. The van der Waals surface area contributed by atoms with Crippen LogP contribution in [-0.2, 0) is 14.8 Å². The summed E-state index contributed by atoms with van der Waals surface area (Å²) in [6, 6.07) is 6.95. The van der Waals surface area contributed by atoms with Gasteiger partial charge in [0.25, 0.3) is 0 Å². The van der Waals surface area contributed by atoms with Crippen LogP contribution in [0.25, 0.3) is 0 Å². The molecule has 140 valence electrons. The van der Waals surface area contributed by atoms with Crippen molar-refractivity contribution in [1.29, 1.82) is 0 Å². The highest BCUT2D eigenvalue weighted by Crippen LogP contribution is 2.42. The van der Waals surface area contributed by atoms with Crippen LogP contribution in [-0.4, -0.2) is 26.6 Å². The lowest BCUT2D eigenvalue weighted by Gasteiger charge is -2.43. The van der Waals surface area contributed by atoms with Crippen LogP contribution in [0.1, 0.15) is 32.1 Å². The molecule has 0 aliphatic heterocycles. The van der Waals surface area contributed by atoms with E-state index < -0.39 is 10.0 Å². The Labute approximate surface area is 155 Å². The summed E-state index contributed by atoms with van der Waals surface area (Å²) in [5.41, 5.74) is 7.44. The highest BCUT2D eigenvalue weighted by Gasteiger charge is 2.40. The molecule has 2 saturated carbocycles. The Morgan fingerprint density at radius 3 is 2.12 bits per heavy atom. The fraction of sp³-hybridized carbons (Fsp3) is 0.588. The van der Waals surface area contributed by atoms with Gasteiger partial charge in [-0.1, -0.05) is 6.42 Å². The molecule has 0 radical (unpaired) electrons. The van der Waals surface area contributed by atoms with Gasteiger partial charge in [0.05, 0.1) is 6.26 Å². The Hall–Kier alpha value is -1.31. The number of fused-ring (bicyclic) bond motifs is 2. The average Bonchev–Trinajstić information content (AvgIpc) is 2.47. The first kappa shape index (κ1) is 20.0. The van der Waals surface area contributed by atoms with Crippen LogP contribution in [0, 0.1) is 17.8 Å². The third kappa shape index (κ3) is 5.09. The number of nitrogens with one attached hydrogen (secondary N) is 2. The fourth-order valence-electron chi connectivity index (χ4n) is 4.08. The van der Waals surface area contributed by atoms with Crippen LogP contribution in [0.2, 0.25) is 0 Å². The Kier molecular flexibility index (Phi) is 6.35. The van der Waals surface area contributed by atoms with Gasteiger partial charge in [-0.25, -0.2) is 8.42 Å². The lowest BCUT2D eigenvalue weighted by atomic mass is 9.65. The van der Waals surface area contributed by atoms with Crippen molar-refractivity contribution >= 4 is 39.7 Å². The number of nitrogens with two attached hydrogens (primary N) is 1. The van der Waals surface area contributed by atoms with E-state index in [0.29, 0.717) is 23.2 Å². The van der Waals surface area contributed by atoms with Crippen molar-refractivity contribution in [2.75, 3.05) is 16.3 Å². The number of sulfonamides is 1. The van der Waals surface area contributed by atoms with E-state index in [1.54, 1.807) is 24.3 Å². The van der Waals surface area contributed by atoms with Crippen molar-refractivity contribution in [3.8, 4) is 0 Å². The van der Waals surface area contributed by atoms with Gasteiger partial charge in [0, 0.05) is 23.3 Å². The Morgan fingerprint density at radius 1 is 1.08 bits per heavy atom. The van der Waals surface area contributed by atoms with E-state index >= 15 is 0 Å². The fourth-order valence-corrected chi connectivity index (χ4v) is 4.65. The Morgan fingerprint density at radius 2 is 1.60 bits per heavy atom. The zero-order chi connectivity index (χ0) is 17.3. The van der Waals surface area contributed by atoms with Crippen molar-refractivity contribution in [1.82, 2.24) is 0 Å². The number of benzene rings is 1. The molecular formula is C17H26ClN3O3S. The monoisotopic (exact) mass is 387 g/mol. The summed E-state index contributed by atoms with van der Waals surface area (Å²) < 4.78 is 24.8. The van der Waals surface area contributed by atoms with Gasteiger partial charge in [-0.15, -0.1) is 12.4 Å². The molecular weight excluding hydrogens is 362 g/mol. The van der Waals surface area contributed by atoms with Gasteiger partial charge in [-0.05, 0) is 61.8 Å². The summed E-state index contributed by atoms with van der Waals surface area (Å²) in [4.78, 5) is 12.6. The maximum Gasteiger partial charge on any atom is 0.229 e. The largest absolute Gasteiger partial charge is 0.327 e. The number of carbonyl (C=O) groups excluding carboxylic acids is 1. The second-order valence-electron chi connectivity index (χ2n) is 7.14. The highest BCUT2D eigenvalue weighted by atomic mass is 35.5. The molecule has 2 bridgehead atoms. The first-order valence-corrected chi connectivity index (χ1v) is 10.4. The molecule has 8 heteroatoms. The lowest BCUT2D eigenvalue weighted by molar-refractivity contribution is -0.122. The molecule has 1 aromatic carbocycles. The smallest absolute Gasteiger partial charge is 0.229 e. The predicted molar refractivity (Wildman–Crippen MR) is 102 cm³/mol. The molecule has 2 atom stereocenters. The first-order valence-electron chi connectivity index (χ1n) is 8.46. The van der Waals surface area contributed by atoms with E-state index in [1.165, 1.54) is 6.42 Å². The summed E-state index contributed by atoms with van der Waals surface area (Å²) in [6.07, 6.45) is 6.34. The molecule has 1 aromatic rings. The summed E-state index contributed by atoms with van der Waals surface area (Å²) in [7, 11) is -3.29. The van der Waals surface area contributed by atoms with Crippen LogP contribution < -0.4 is 15.8 Å². The van der Waals surface area contributed by atoms with E-state index in [4.69, 9.17) is 5.73 Å². The second kappa shape index (κ2) is 7.93. The van der Waals surface area contributed by atoms with Crippen LogP contribution in [0.15, 0.2) is 24.3 Å². The quantitative estimate of drug-likeness (QED) is 0.738. The van der Waals surface area contributed by atoms with Gasteiger partial charge in [-0.3, -0.25) is 9.52 Å². The minimum atomic E-state index is -3.29. The molecule has 0 heterocycles. The number of carbonyl (C=O) groups is 1. The molecule has 2 unspecified atom stereocenters. The van der Waals surface area contributed by atoms with Crippen molar-refractivity contribution in [3.63, 3.8) is 0 Å². The second-order valence-corrected chi connectivity index (χ2v) is 8.89. The van der Waals surface area contributed by atoms with Crippen LogP contribution >= 0.6 is 12.4 Å². The lowest BCUT2D eigenvalue weighted by Crippen LogP contribution is -2.48. The minimum Gasteiger partial charge on any atom is -0.327 e. The highest BCUT2D eigenvalue weighted by molar-refractivity contribution is 7.92. The van der Waals surface area contributed by atoms with Crippen molar-refractivity contribution < 1.29 is 13.2 Å². The van der Waals surface area contributed by atoms with Crippen molar-refractivity contribution in [2.45, 2.75) is 38.1 Å². The summed E-state index contributed by atoms with van der Waals surface area (Å²) in [5, 5.41) is 2.95. The van der Waals surface area contributed by atoms with Crippen LogP contribution in [0.3, 0.4) is 0 Å². The minimum absolute atomic E-state index is 0. The maximum atomic E-state index is 12.6. The van der Waals surface area contributed by atoms with Crippen LogP contribution in [0.5, 0.6) is 0 Å². The SMILES string of the molecule is CS(=O)(=O)Nc1ccc(NC(=O)C2CC3CCCC(C2)C3N)cc1.Cl. The molecule has 2 aliphatic carbocycles. The third-order valence-corrected chi connectivity index (χ3v) is 5.85. The molecule has 0 spiro atoms. The normalized spacial score (nSPS) is 28.6. The number of halogens is 1. The van der Waals surface area contributed by atoms with Gasteiger partial charge in [0.15, 0.2) is 0 Å². The van der Waals surface area contributed by atoms with Gasteiger partial charge in [-0.2, -0.15) is 0 Å². The standard InChI is InChI=1S/C17H25N3O3S.ClH/c1-24(22,23)20-15-7-5-14(6-8-15)19-17(21)13-9-11-3-2-4-12(10-13)16(11)18;/h5-8,11-13,16,20H,2-4,9-10,18H2,1H3,(H,19,21);1H. The molecule has 2 fully saturated rings. The zero-order valence-electron chi connectivity index (χ0n) is 14.3.